The van der Waals surface area contributed by atoms with Crippen LogP contribution in [0.25, 0.3) is 61.2 Å². The average molecular weight is 625 g/mol. The quantitative estimate of drug-likeness (QED) is 0.195. The van der Waals surface area contributed by atoms with Crippen LogP contribution in [0.1, 0.15) is 41.8 Å². The van der Waals surface area contributed by atoms with Gasteiger partial charge in [0.2, 0.25) is 0 Å². The number of hydrogen-bond acceptors (Lipinski definition) is 4. The summed E-state index contributed by atoms with van der Waals surface area (Å²) in [6.45, 7) is 4.63. The van der Waals surface area contributed by atoms with E-state index in [0.717, 1.165) is 63.5 Å². The number of allylic oxidation sites excluding steroid dienone is 1. The summed E-state index contributed by atoms with van der Waals surface area (Å²) in [6, 6.07) is 42.5. The molecular weight excluding hydrogens is 593 g/mol. The minimum atomic E-state index is -0.183. The van der Waals surface area contributed by atoms with Crippen LogP contribution in [-0.2, 0) is 11.8 Å². The predicted octanol–water partition coefficient (Wildman–Crippen LogP) is 11.8. The Balaban J connectivity index is 1.13. The molecule has 0 atom stereocenters. The lowest BCUT2D eigenvalue weighted by atomic mass is 9.75. The molecular formula is C43H32N2OS. The monoisotopic (exact) mass is 624 g/mol. The summed E-state index contributed by atoms with van der Waals surface area (Å²) in [5, 5.41) is 1.34. The van der Waals surface area contributed by atoms with Crippen LogP contribution >= 0.6 is 11.3 Å². The molecule has 9 rings (SSSR count). The van der Waals surface area contributed by atoms with Gasteiger partial charge in [0.25, 0.3) is 0 Å². The third-order valence-electron chi connectivity index (χ3n) is 9.64. The lowest BCUT2D eigenvalue weighted by Gasteiger charge is -2.35. The van der Waals surface area contributed by atoms with Crippen LogP contribution in [0.5, 0.6) is 11.5 Å². The maximum Gasteiger partial charge on any atom is 0.160 e. The zero-order valence-electron chi connectivity index (χ0n) is 26.3. The Bertz CT molecular complexity index is 2290. The van der Waals surface area contributed by atoms with Gasteiger partial charge in [-0.2, -0.15) is 0 Å². The molecule has 7 aromatic rings. The fraction of sp³-hybridized carbons (Fsp3) is 0.116. The van der Waals surface area contributed by atoms with Gasteiger partial charge in [-0.15, -0.1) is 11.3 Å². The fourth-order valence-corrected chi connectivity index (χ4v) is 8.36. The first-order valence-corrected chi connectivity index (χ1v) is 17.0. The maximum absolute atomic E-state index is 6.87. The Morgan fingerprint density at radius 3 is 2.04 bits per heavy atom. The largest absolute Gasteiger partial charge is 0.455 e. The first-order chi connectivity index (χ1) is 23.0. The van der Waals surface area contributed by atoms with E-state index in [4.69, 9.17) is 14.7 Å². The van der Waals surface area contributed by atoms with E-state index in [-0.39, 0.29) is 5.41 Å². The highest BCUT2D eigenvalue weighted by molar-refractivity contribution is 7.20. The summed E-state index contributed by atoms with van der Waals surface area (Å²) in [6.07, 6.45) is 6.76. The van der Waals surface area contributed by atoms with Gasteiger partial charge in [0.05, 0.1) is 16.1 Å². The van der Waals surface area contributed by atoms with Crippen molar-refractivity contribution in [1.82, 2.24) is 9.97 Å². The molecule has 0 fully saturated rings. The molecule has 0 N–H and O–H groups in total. The smallest absolute Gasteiger partial charge is 0.160 e. The van der Waals surface area contributed by atoms with E-state index in [9.17, 15) is 0 Å². The Morgan fingerprint density at radius 2 is 1.30 bits per heavy atom. The molecule has 0 radical (unpaired) electrons. The predicted molar refractivity (Wildman–Crippen MR) is 195 cm³/mol. The number of nitrogens with zero attached hydrogens (tertiary/aromatic N) is 2. The van der Waals surface area contributed by atoms with Crippen LogP contribution in [-0.4, -0.2) is 9.97 Å². The molecule has 2 aliphatic rings. The maximum atomic E-state index is 6.87. The number of benzene rings is 5. The molecule has 2 aromatic heterocycles. The molecule has 4 heteroatoms. The summed E-state index contributed by atoms with van der Waals surface area (Å²) < 4.78 is 8.13. The van der Waals surface area contributed by atoms with Crippen molar-refractivity contribution in [1.29, 1.82) is 0 Å². The highest BCUT2D eigenvalue weighted by Crippen LogP contribution is 2.53. The van der Waals surface area contributed by atoms with Gasteiger partial charge in [0.1, 0.15) is 11.5 Å². The second kappa shape index (κ2) is 10.9. The second-order valence-corrected chi connectivity index (χ2v) is 14.0. The molecule has 3 heterocycles. The van der Waals surface area contributed by atoms with Crippen LogP contribution in [0.15, 0.2) is 127 Å². The van der Waals surface area contributed by atoms with E-state index < -0.39 is 0 Å². The second-order valence-electron chi connectivity index (χ2n) is 12.9. The van der Waals surface area contributed by atoms with Crippen LogP contribution < -0.4 is 4.74 Å². The fourth-order valence-electron chi connectivity index (χ4n) is 7.10. The van der Waals surface area contributed by atoms with Crippen molar-refractivity contribution in [3.05, 3.63) is 149 Å². The number of aryl methyl sites for hydroxylation is 1. The van der Waals surface area contributed by atoms with Crippen molar-refractivity contribution in [2.75, 3.05) is 0 Å². The highest BCUT2D eigenvalue weighted by atomic mass is 32.1. The van der Waals surface area contributed by atoms with E-state index in [1.165, 1.54) is 31.7 Å². The van der Waals surface area contributed by atoms with Crippen molar-refractivity contribution in [3.8, 4) is 56.5 Å². The van der Waals surface area contributed by atoms with E-state index in [2.05, 4.69) is 111 Å². The molecule has 226 valence electrons. The third-order valence-corrected chi connectivity index (χ3v) is 10.8. The van der Waals surface area contributed by atoms with Crippen LogP contribution in [0, 0.1) is 0 Å². The van der Waals surface area contributed by atoms with Crippen molar-refractivity contribution in [2.24, 2.45) is 0 Å². The van der Waals surface area contributed by atoms with Gasteiger partial charge >= 0.3 is 0 Å². The normalized spacial score (nSPS) is 14.3. The summed E-state index contributed by atoms with van der Waals surface area (Å²) >= 11 is 1.86. The Kier molecular flexibility index (Phi) is 6.48. The van der Waals surface area contributed by atoms with Gasteiger partial charge in [-0.25, -0.2) is 9.97 Å². The first-order valence-electron chi connectivity index (χ1n) is 16.2. The standard InChI is InChI=1S/C43H32N2OS/c1-43(2)34-22-20-30(25-38(34)46-40-35(43)23-21-33-32-18-9-10-19-39(32)47-41(33)40)29-16-11-17-31(24-29)42-44-36(27-12-5-3-6-13-27)26-37(45-42)28-14-7-4-8-15-28/h3-8,10-17,19-26H,9,18H2,1-2H3. The molecule has 0 amide bonds. The minimum Gasteiger partial charge on any atom is -0.455 e. The summed E-state index contributed by atoms with van der Waals surface area (Å²) in [7, 11) is 0. The number of aromatic nitrogens is 2. The number of ether oxygens (including phenoxy) is 1. The van der Waals surface area contributed by atoms with Gasteiger partial charge < -0.3 is 4.74 Å². The van der Waals surface area contributed by atoms with Gasteiger partial charge in [-0.05, 0) is 53.8 Å². The first kappa shape index (κ1) is 27.9. The van der Waals surface area contributed by atoms with E-state index >= 15 is 0 Å². The molecule has 0 saturated carbocycles. The number of fused-ring (bicyclic) bond motifs is 6. The molecule has 1 aliphatic carbocycles. The van der Waals surface area contributed by atoms with E-state index in [0.29, 0.717) is 5.82 Å². The van der Waals surface area contributed by atoms with Gasteiger partial charge in [0, 0.05) is 43.5 Å². The minimum absolute atomic E-state index is 0.183. The third kappa shape index (κ3) is 4.71. The van der Waals surface area contributed by atoms with Crippen molar-refractivity contribution < 1.29 is 4.74 Å². The zero-order valence-corrected chi connectivity index (χ0v) is 27.1. The van der Waals surface area contributed by atoms with Crippen LogP contribution in [0.2, 0.25) is 0 Å². The molecule has 1 aliphatic heterocycles. The van der Waals surface area contributed by atoms with E-state index in [1.54, 1.807) is 0 Å². The topological polar surface area (TPSA) is 35.0 Å². The van der Waals surface area contributed by atoms with E-state index in [1.807, 2.05) is 47.7 Å². The highest BCUT2D eigenvalue weighted by Gasteiger charge is 2.36. The zero-order chi connectivity index (χ0) is 31.5. The Morgan fingerprint density at radius 1 is 0.638 bits per heavy atom. The van der Waals surface area contributed by atoms with Crippen molar-refractivity contribution >= 4 is 27.5 Å². The summed E-state index contributed by atoms with van der Waals surface area (Å²) in [4.78, 5) is 11.5. The molecule has 0 unspecified atom stereocenters. The van der Waals surface area contributed by atoms with Gasteiger partial charge in [-0.1, -0.05) is 123 Å². The lowest BCUT2D eigenvalue weighted by Crippen LogP contribution is -2.24. The summed E-state index contributed by atoms with van der Waals surface area (Å²) in [5.74, 6) is 2.64. The molecule has 3 nitrogen and oxygen atoms in total. The number of rotatable bonds is 4. The molecule has 0 spiro atoms. The molecule has 0 bridgehead atoms. The van der Waals surface area contributed by atoms with Crippen molar-refractivity contribution in [3.63, 3.8) is 0 Å². The van der Waals surface area contributed by atoms with Crippen molar-refractivity contribution in [2.45, 2.75) is 32.1 Å². The van der Waals surface area contributed by atoms with Gasteiger partial charge in [0.15, 0.2) is 5.82 Å². The molecule has 5 aromatic carbocycles. The SMILES string of the molecule is CC1(C)c2ccc(-c3cccc(-c4nc(-c5ccccc5)cc(-c5ccccc5)n4)c3)cc2Oc2c1ccc1c3c(sc21)C=CCC3. The molecule has 0 saturated heterocycles. The summed E-state index contributed by atoms with van der Waals surface area (Å²) in [5.41, 5.74) is 10.8. The number of thiophene rings is 1. The number of hydrogen-bond donors (Lipinski definition) is 0. The Hall–Kier alpha value is -5.32. The molecule has 47 heavy (non-hydrogen) atoms. The van der Waals surface area contributed by atoms with Crippen LogP contribution in [0.4, 0.5) is 0 Å². The lowest BCUT2D eigenvalue weighted by molar-refractivity contribution is 0.424. The Labute approximate surface area is 278 Å². The van der Waals surface area contributed by atoms with Crippen LogP contribution in [0.3, 0.4) is 0 Å². The van der Waals surface area contributed by atoms with Gasteiger partial charge in [-0.3, -0.25) is 0 Å². The average Bonchev–Trinajstić information content (AvgIpc) is 3.51.